The predicted molar refractivity (Wildman–Crippen MR) is 86.6 cm³/mol. The average Bonchev–Trinajstić information content (AvgIpc) is 2.52. The van der Waals surface area contributed by atoms with Crippen LogP contribution in [0.3, 0.4) is 0 Å². The highest BCUT2D eigenvalue weighted by atomic mass is 15.3. The maximum Gasteiger partial charge on any atom is 0.151 e. The SMILES string of the molecule is CCNCc1ccc(N2CCN(CCN(C)C)CC2)nn1. The Kier molecular flexibility index (Phi) is 6.35. The largest absolute Gasteiger partial charge is 0.353 e. The highest BCUT2D eigenvalue weighted by Gasteiger charge is 2.18. The molecule has 2 heterocycles. The Labute approximate surface area is 128 Å². The Bertz CT molecular complexity index is 397. The van der Waals surface area contributed by atoms with Crippen LogP contribution in [-0.2, 0) is 6.54 Å². The number of aromatic nitrogens is 2. The number of nitrogens with one attached hydrogen (secondary N) is 1. The van der Waals surface area contributed by atoms with E-state index in [0.29, 0.717) is 0 Å². The van der Waals surface area contributed by atoms with E-state index in [4.69, 9.17) is 0 Å². The van der Waals surface area contributed by atoms with Crippen LogP contribution >= 0.6 is 0 Å². The smallest absolute Gasteiger partial charge is 0.151 e. The third kappa shape index (κ3) is 5.22. The molecule has 0 bridgehead atoms. The molecule has 1 aromatic rings. The van der Waals surface area contributed by atoms with Crippen molar-refractivity contribution in [3.8, 4) is 0 Å². The third-order valence-electron chi connectivity index (χ3n) is 3.82. The van der Waals surface area contributed by atoms with Crippen molar-refractivity contribution in [1.82, 2.24) is 25.3 Å². The first-order valence-electron chi connectivity index (χ1n) is 7.84. The lowest BCUT2D eigenvalue weighted by Crippen LogP contribution is -2.48. The van der Waals surface area contributed by atoms with Gasteiger partial charge in [-0.25, -0.2) is 0 Å². The second-order valence-corrected chi connectivity index (χ2v) is 5.80. The first-order valence-corrected chi connectivity index (χ1v) is 7.84. The molecule has 0 unspecified atom stereocenters. The maximum atomic E-state index is 4.36. The second kappa shape index (κ2) is 8.26. The molecule has 0 spiro atoms. The number of hydrogen-bond donors (Lipinski definition) is 1. The molecule has 1 aromatic heterocycles. The van der Waals surface area contributed by atoms with Gasteiger partial charge < -0.3 is 15.1 Å². The van der Waals surface area contributed by atoms with Gasteiger partial charge in [-0.15, -0.1) is 5.10 Å². The topological polar surface area (TPSA) is 47.5 Å². The second-order valence-electron chi connectivity index (χ2n) is 5.80. The molecule has 2 rings (SSSR count). The number of nitrogens with zero attached hydrogens (tertiary/aromatic N) is 5. The predicted octanol–water partition coefficient (Wildman–Crippen LogP) is 0.270. The molecule has 6 heteroatoms. The van der Waals surface area contributed by atoms with Crippen LogP contribution in [0.2, 0.25) is 0 Å². The van der Waals surface area contributed by atoms with Crippen LogP contribution in [0.25, 0.3) is 0 Å². The molecule has 21 heavy (non-hydrogen) atoms. The molecule has 1 aliphatic heterocycles. The van der Waals surface area contributed by atoms with Crippen LogP contribution in [0, 0.1) is 0 Å². The van der Waals surface area contributed by atoms with E-state index in [1.807, 2.05) is 0 Å². The van der Waals surface area contributed by atoms with Gasteiger partial charge in [0.25, 0.3) is 0 Å². The van der Waals surface area contributed by atoms with E-state index in [9.17, 15) is 0 Å². The van der Waals surface area contributed by atoms with Crippen LogP contribution < -0.4 is 10.2 Å². The lowest BCUT2D eigenvalue weighted by atomic mass is 10.3. The first kappa shape index (κ1) is 16.1. The third-order valence-corrected chi connectivity index (χ3v) is 3.82. The van der Waals surface area contributed by atoms with Crippen molar-refractivity contribution < 1.29 is 0 Å². The van der Waals surface area contributed by atoms with Crippen molar-refractivity contribution in [2.75, 3.05) is 64.8 Å². The van der Waals surface area contributed by atoms with Crippen LogP contribution in [-0.4, -0.2) is 79.9 Å². The summed E-state index contributed by atoms with van der Waals surface area (Å²) in [5.74, 6) is 1.00. The fourth-order valence-corrected chi connectivity index (χ4v) is 2.41. The molecule has 0 radical (unpaired) electrons. The molecular weight excluding hydrogens is 264 g/mol. The minimum atomic E-state index is 0.794. The van der Waals surface area contributed by atoms with Crippen LogP contribution in [0.15, 0.2) is 12.1 Å². The van der Waals surface area contributed by atoms with Crippen molar-refractivity contribution in [2.45, 2.75) is 13.5 Å². The Morgan fingerprint density at radius 2 is 1.90 bits per heavy atom. The number of piperazine rings is 1. The summed E-state index contributed by atoms with van der Waals surface area (Å²) in [5, 5.41) is 11.9. The molecule has 0 aliphatic carbocycles. The summed E-state index contributed by atoms with van der Waals surface area (Å²) in [6.07, 6.45) is 0. The minimum Gasteiger partial charge on any atom is -0.353 e. The van der Waals surface area contributed by atoms with E-state index in [1.54, 1.807) is 0 Å². The Morgan fingerprint density at radius 3 is 2.48 bits per heavy atom. The summed E-state index contributed by atoms with van der Waals surface area (Å²) in [7, 11) is 4.25. The van der Waals surface area contributed by atoms with Crippen molar-refractivity contribution in [3.05, 3.63) is 17.8 Å². The van der Waals surface area contributed by atoms with Crippen molar-refractivity contribution in [2.24, 2.45) is 0 Å². The summed E-state index contributed by atoms with van der Waals surface area (Å²) in [5.41, 5.74) is 1.00. The Hall–Kier alpha value is -1.24. The Balaban J connectivity index is 1.79. The zero-order chi connectivity index (χ0) is 15.1. The van der Waals surface area contributed by atoms with Gasteiger partial charge in [0.15, 0.2) is 5.82 Å². The lowest BCUT2D eigenvalue weighted by molar-refractivity contribution is 0.229. The van der Waals surface area contributed by atoms with Crippen molar-refractivity contribution >= 4 is 5.82 Å². The van der Waals surface area contributed by atoms with Gasteiger partial charge in [-0.3, -0.25) is 4.90 Å². The molecule has 1 saturated heterocycles. The molecule has 0 atom stereocenters. The molecule has 6 nitrogen and oxygen atoms in total. The number of hydrogen-bond acceptors (Lipinski definition) is 6. The molecular formula is C15H28N6. The average molecular weight is 292 g/mol. The highest BCUT2D eigenvalue weighted by Crippen LogP contribution is 2.12. The number of likely N-dealkylation sites (N-methyl/N-ethyl adjacent to an activating group) is 1. The molecule has 0 amide bonds. The van der Waals surface area contributed by atoms with Gasteiger partial charge in [0.05, 0.1) is 5.69 Å². The summed E-state index contributed by atoms with van der Waals surface area (Å²) in [6, 6.07) is 4.17. The first-order chi connectivity index (χ1) is 10.2. The van der Waals surface area contributed by atoms with Gasteiger partial charge in [0, 0.05) is 45.8 Å². The molecule has 1 N–H and O–H groups in total. The van der Waals surface area contributed by atoms with Gasteiger partial charge in [-0.05, 0) is 32.8 Å². The molecule has 0 aromatic carbocycles. The van der Waals surface area contributed by atoms with E-state index < -0.39 is 0 Å². The van der Waals surface area contributed by atoms with Gasteiger partial charge in [0.1, 0.15) is 0 Å². The van der Waals surface area contributed by atoms with Gasteiger partial charge in [0.2, 0.25) is 0 Å². The summed E-state index contributed by atoms with van der Waals surface area (Å²) in [4.78, 5) is 7.08. The molecule has 118 valence electrons. The Morgan fingerprint density at radius 1 is 1.14 bits per heavy atom. The fraction of sp³-hybridized carbons (Fsp3) is 0.733. The van der Waals surface area contributed by atoms with E-state index in [1.165, 1.54) is 0 Å². The normalized spacial score (nSPS) is 16.7. The zero-order valence-corrected chi connectivity index (χ0v) is 13.5. The highest BCUT2D eigenvalue weighted by molar-refractivity contribution is 5.37. The quantitative estimate of drug-likeness (QED) is 0.778. The standard InChI is InChI=1S/C15H28N6/c1-4-16-13-14-5-6-15(18-17-14)21-11-9-20(10-12-21)8-7-19(2)3/h5-6,16H,4,7-13H2,1-3H3. The van der Waals surface area contributed by atoms with Crippen molar-refractivity contribution in [1.29, 1.82) is 0 Å². The molecule has 1 fully saturated rings. The zero-order valence-electron chi connectivity index (χ0n) is 13.5. The summed E-state index contributed by atoms with van der Waals surface area (Å²) < 4.78 is 0. The minimum absolute atomic E-state index is 0.794. The van der Waals surface area contributed by atoms with Crippen LogP contribution in [0.5, 0.6) is 0 Å². The van der Waals surface area contributed by atoms with Gasteiger partial charge >= 0.3 is 0 Å². The van der Waals surface area contributed by atoms with E-state index in [0.717, 1.165) is 63.9 Å². The van der Waals surface area contributed by atoms with Crippen molar-refractivity contribution in [3.63, 3.8) is 0 Å². The monoisotopic (exact) mass is 292 g/mol. The maximum absolute atomic E-state index is 4.36. The van der Waals surface area contributed by atoms with Crippen LogP contribution in [0.4, 0.5) is 5.82 Å². The van der Waals surface area contributed by atoms with E-state index >= 15 is 0 Å². The van der Waals surface area contributed by atoms with Gasteiger partial charge in [-0.1, -0.05) is 6.92 Å². The molecule has 1 aliphatic rings. The van der Waals surface area contributed by atoms with Gasteiger partial charge in [-0.2, -0.15) is 5.10 Å². The van der Waals surface area contributed by atoms with E-state index in [2.05, 4.69) is 63.4 Å². The summed E-state index contributed by atoms with van der Waals surface area (Å²) >= 11 is 0. The van der Waals surface area contributed by atoms with E-state index in [-0.39, 0.29) is 0 Å². The van der Waals surface area contributed by atoms with Crippen LogP contribution in [0.1, 0.15) is 12.6 Å². The fourth-order valence-electron chi connectivity index (χ4n) is 2.41. The lowest BCUT2D eigenvalue weighted by Gasteiger charge is -2.35. The number of rotatable bonds is 7. The number of anilines is 1. The summed E-state index contributed by atoms with van der Waals surface area (Å²) in [6.45, 7) is 10.4. The molecule has 0 saturated carbocycles.